The number of hydrogen-bond acceptors (Lipinski definition) is 5. The highest BCUT2D eigenvalue weighted by Crippen LogP contribution is 2.22. The van der Waals surface area contributed by atoms with Gasteiger partial charge in [0.1, 0.15) is 6.04 Å². The third kappa shape index (κ3) is 3.88. The van der Waals surface area contributed by atoms with Crippen molar-refractivity contribution in [2.45, 2.75) is 31.5 Å². The fraction of sp³-hybridized carbons (Fsp3) is 0.389. The smallest absolute Gasteiger partial charge is 0.328 e. The summed E-state index contributed by atoms with van der Waals surface area (Å²) in [6, 6.07) is 8.37. The van der Waals surface area contributed by atoms with Crippen molar-refractivity contribution in [3.8, 4) is 0 Å². The highest BCUT2D eigenvalue weighted by Gasteiger charge is 2.36. The van der Waals surface area contributed by atoms with Crippen molar-refractivity contribution >= 4 is 11.9 Å². The molecule has 132 valence electrons. The van der Waals surface area contributed by atoms with Crippen LogP contribution in [0.3, 0.4) is 0 Å². The summed E-state index contributed by atoms with van der Waals surface area (Å²) in [7, 11) is 1.29. The average molecular weight is 343 g/mol. The van der Waals surface area contributed by atoms with Gasteiger partial charge in [0.15, 0.2) is 0 Å². The minimum absolute atomic E-state index is 0.200. The number of aromatic nitrogens is 2. The highest BCUT2D eigenvalue weighted by atomic mass is 16.5. The van der Waals surface area contributed by atoms with Gasteiger partial charge in [0.2, 0.25) is 0 Å². The molecule has 2 atom stereocenters. The number of rotatable bonds is 4. The van der Waals surface area contributed by atoms with Crippen molar-refractivity contribution in [3.63, 3.8) is 0 Å². The number of amides is 1. The van der Waals surface area contributed by atoms with Gasteiger partial charge in [0, 0.05) is 30.9 Å². The maximum Gasteiger partial charge on any atom is 0.328 e. The lowest BCUT2D eigenvalue weighted by Crippen LogP contribution is -2.51. The monoisotopic (exact) mass is 343 g/mol. The first-order valence-electron chi connectivity index (χ1n) is 8.21. The standard InChI is InChI=1S/C18H21N3O4/c1-25-18(24)16-11-15(22)6-9-21(16)17(23)14-5-2-4-13(10-14)12-20-8-3-7-19-20/h2-5,7-8,10,15-16,22H,6,9,11-12H2,1H3/t15-,16+/m1/s1. The van der Waals surface area contributed by atoms with Gasteiger partial charge in [-0.25, -0.2) is 4.79 Å². The van der Waals surface area contributed by atoms with Crippen LogP contribution in [-0.2, 0) is 16.1 Å². The third-order valence-corrected chi connectivity index (χ3v) is 4.39. The van der Waals surface area contributed by atoms with Crippen molar-refractivity contribution in [2.75, 3.05) is 13.7 Å². The van der Waals surface area contributed by atoms with Gasteiger partial charge in [-0.05, 0) is 30.2 Å². The number of methoxy groups -OCH3 is 1. The Labute approximate surface area is 145 Å². The van der Waals surface area contributed by atoms with E-state index in [4.69, 9.17) is 4.74 Å². The number of likely N-dealkylation sites (tertiary alicyclic amines) is 1. The normalized spacial score (nSPS) is 20.3. The maximum absolute atomic E-state index is 12.9. The summed E-state index contributed by atoms with van der Waals surface area (Å²) < 4.78 is 6.57. The molecule has 1 N–H and O–H groups in total. The van der Waals surface area contributed by atoms with Gasteiger partial charge in [0.05, 0.1) is 19.8 Å². The van der Waals surface area contributed by atoms with Crippen molar-refractivity contribution in [1.29, 1.82) is 0 Å². The Morgan fingerprint density at radius 2 is 2.20 bits per heavy atom. The topological polar surface area (TPSA) is 84.7 Å². The molecule has 2 heterocycles. The third-order valence-electron chi connectivity index (χ3n) is 4.39. The number of carbonyl (C=O) groups is 2. The Bertz CT molecular complexity index is 745. The number of carbonyl (C=O) groups excluding carboxylic acids is 2. The van der Waals surface area contributed by atoms with Crippen LogP contribution in [0.1, 0.15) is 28.8 Å². The maximum atomic E-state index is 12.9. The molecule has 25 heavy (non-hydrogen) atoms. The van der Waals surface area contributed by atoms with E-state index in [2.05, 4.69) is 5.10 Å². The van der Waals surface area contributed by atoms with Crippen molar-refractivity contribution in [2.24, 2.45) is 0 Å². The number of aliphatic hydroxyl groups excluding tert-OH is 1. The molecule has 0 saturated carbocycles. The minimum Gasteiger partial charge on any atom is -0.467 e. The summed E-state index contributed by atoms with van der Waals surface area (Å²) in [5.74, 6) is -0.732. The van der Waals surface area contributed by atoms with Gasteiger partial charge in [-0.2, -0.15) is 5.10 Å². The molecule has 0 bridgehead atoms. The lowest BCUT2D eigenvalue weighted by molar-refractivity contribution is -0.148. The Kier molecular flexibility index (Phi) is 5.14. The Morgan fingerprint density at radius 3 is 2.92 bits per heavy atom. The van der Waals surface area contributed by atoms with E-state index >= 15 is 0 Å². The molecule has 0 unspecified atom stereocenters. The number of ether oxygens (including phenoxy) is 1. The largest absolute Gasteiger partial charge is 0.467 e. The van der Waals surface area contributed by atoms with Crippen LogP contribution in [0.4, 0.5) is 0 Å². The fourth-order valence-corrected chi connectivity index (χ4v) is 3.10. The lowest BCUT2D eigenvalue weighted by atomic mass is 9.98. The highest BCUT2D eigenvalue weighted by molar-refractivity contribution is 5.97. The first kappa shape index (κ1) is 17.2. The molecule has 7 nitrogen and oxygen atoms in total. The summed E-state index contributed by atoms with van der Waals surface area (Å²) in [6.07, 6.45) is 3.61. The molecule has 3 rings (SSSR count). The van der Waals surface area contributed by atoms with Crippen LogP contribution >= 0.6 is 0 Å². The zero-order valence-electron chi connectivity index (χ0n) is 14.0. The van der Waals surface area contributed by atoms with Crippen LogP contribution < -0.4 is 0 Å². The predicted molar refractivity (Wildman–Crippen MR) is 89.9 cm³/mol. The van der Waals surface area contributed by atoms with Crippen LogP contribution in [0.25, 0.3) is 0 Å². The molecular weight excluding hydrogens is 322 g/mol. The number of hydrogen-bond donors (Lipinski definition) is 1. The van der Waals surface area contributed by atoms with Crippen molar-refractivity contribution in [3.05, 3.63) is 53.9 Å². The number of nitrogens with zero attached hydrogens (tertiary/aromatic N) is 3. The minimum atomic E-state index is -0.754. The van der Waals surface area contributed by atoms with E-state index in [-0.39, 0.29) is 12.3 Å². The zero-order valence-corrected chi connectivity index (χ0v) is 14.0. The molecule has 1 fully saturated rings. The van der Waals surface area contributed by atoms with E-state index in [1.165, 1.54) is 12.0 Å². The van der Waals surface area contributed by atoms with E-state index in [9.17, 15) is 14.7 Å². The summed E-state index contributed by atoms with van der Waals surface area (Å²) >= 11 is 0. The molecule has 0 spiro atoms. The van der Waals surface area contributed by atoms with Crippen LogP contribution in [0.5, 0.6) is 0 Å². The Hall–Kier alpha value is -2.67. The van der Waals surface area contributed by atoms with Gasteiger partial charge in [-0.15, -0.1) is 0 Å². The van der Waals surface area contributed by atoms with E-state index in [1.54, 1.807) is 16.9 Å². The molecule has 1 aromatic heterocycles. The summed E-state index contributed by atoms with van der Waals surface area (Å²) in [5, 5.41) is 14.0. The summed E-state index contributed by atoms with van der Waals surface area (Å²) in [6.45, 7) is 0.885. The number of esters is 1. The van der Waals surface area contributed by atoms with Gasteiger partial charge in [0.25, 0.3) is 5.91 Å². The summed E-state index contributed by atoms with van der Waals surface area (Å²) in [4.78, 5) is 26.4. The number of piperidine rings is 1. The second-order valence-corrected chi connectivity index (χ2v) is 6.12. The zero-order chi connectivity index (χ0) is 17.8. The second kappa shape index (κ2) is 7.48. The van der Waals surface area contributed by atoms with E-state index in [0.717, 1.165) is 5.56 Å². The van der Waals surface area contributed by atoms with Crippen LogP contribution in [0.15, 0.2) is 42.7 Å². The van der Waals surface area contributed by atoms with E-state index in [1.807, 2.05) is 30.5 Å². The van der Waals surface area contributed by atoms with Gasteiger partial charge < -0.3 is 14.7 Å². The van der Waals surface area contributed by atoms with Crippen molar-refractivity contribution < 1.29 is 19.4 Å². The molecule has 1 aliphatic heterocycles. The van der Waals surface area contributed by atoms with Gasteiger partial charge in [-0.3, -0.25) is 9.48 Å². The molecule has 0 aliphatic carbocycles. The number of aliphatic hydroxyl groups is 1. The fourth-order valence-electron chi connectivity index (χ4n) is 3.10. The van der Waals surface area contributed by atoms with Gasteiger partial charge in [-0.1, -0.05) is 12.1 Å². The molecule has 2 aromatic rings. The average Bonchev–Trinajstić information content (AvgIpc) is 3.13. The molecule has 1 aromatic carbocycles. The predicted octanol–water partition coefficient (Wildman–Crippen LogP) is 1.07. The van der Waals surface area contributed by atoms with Crippen LogP contribution in [0.2, 0.25) is 0 Å². The molecular formula is C18H21N3O4. The molecule has 0 radical (unpaired) electrons. The number of benzene rings is 1. The SMILES string of the molecule is COC(=O)[C@@H]1C[C@H](O)CCN1C(=O)c1cccc(Cn2cccn2)c1. The van der Waals surface area contributed by atoms with Crippen LogP contribution in [-0.4, -0.2) is 57.5 Å². The van der Waals surface area contributed by atoms with E-state index in [0.29, 0.717) is 25.1 Å². The summed E-state index contributed by atoms with van der Waals surface area (Å²) in [5.41, 5.74) is 1.45. The molecule has 1 saturated heterocycles. The quantitative estimate of drug-likeness (QED) is 0.840. The van der Waals surface area contributed by atoms with E-state index < -0.39 is 18.1 Å². The second-order valence-electron chi connectivity index (χ2n) is 6.12. The Morgan fingerprint density at radius 1 is 1.36 bits per heavy atom. The molecule has 7 heteroatoms. The first-order valence-corrected chi connectivity index (χ1v) is 8.21. The Balaban J connectivity index is 1.80. The van der Waals surface area contributed by atoms with Gasteiger partial charge >= 0.3 is 5.97 Å². The molecule has 1 aliphatic rings. The van der Waals surface area contributed by atoms with Crippen molar-refractivity contribution in [1.82, 2.24) is 14.7 Å². The van der Waals surface area contributed by atoms with Crippen LogP contribution in [0, 0.1) is 0 Å². The first-order chi connectivity index (χ1) is 12.1. The molecule has 1 amide bonds. The lowest BCUT2D eigenvalue weighted by Gasteiger charge is -2.36.